The van der Waals surface area contributed by atoms with Gasteiger partial charge in [0.25, 0.3) is 0 Å². The summed E-state index contributed by atoms with van der Waals surface area (Å²) >= 11 is 14.2. The predicted molar refractivity (Wildman–Crippen MR) is 73.6 cm³/mol. The van der Waals surface area contributed by atoms with Crippen molar-refractivity contribution in [3.8, 4) is 0 Å². The molecule has 6 heteroatoms. The molecule has 88 valence electrons. The highest BCUT2D eigenvalue weighted by Gasteiger charge is 2.09. The number of hydrogen-bond donors (Lipinski definition) is 2. The third kappa shape index (κ3) is 3.88. The first-order valence-corrected chi connectivity index (χ1v) is 6.32. The maximum absolute atomic E-state index is 13.0. The van der Waals surface area contributed by atoms with E-state index in [0.717, 1.165) is 13.0 Å². The summed E-state index contributed by atoms with van der Waals surface area (Å²) in [5.74, 6) is -0.394. The molecule has 0 aromatic heterocycles. The molecule has 0 saturated carbocycles. The van der Waals surface area contributed by atoms with Gasteiger partial charge in [-0.15, -0.1) is 0 Å². The van der Waals surface area contributed by atoms with Gasteiger partial charge >= 0.3 is 0 Å². The molecule has 0 atom stereocenters. The molecule has 0 bridgehead atoms. The quantitative estimate of drug-likeness (QED) is 0.823. The Hall–Kier alpha value is -0.390. The summed E-state index contributed by atoms with van der Waals surface area (Å²) in [4.78, 5) is 0. The summed E-state index contributed by atoms with van der Waals surface area (Å²) in [5.41, 5.74) is 0.566. The van der Waals surface area contributed by atoms with Crippen LogP contribution in [-0.4, -0.2) is 11.7 Å². The lowest BCUT2D eigenvalue weighted by Gasteiger charge is -2.12. The van der Waals surface area contributed by atoms with Crippen molar-refractivity contribution < 1.29 is 4.39 Å². The summed E-state index contributed by atoms with van der Waals surface area (Å²) in [6, 6.07) is 2.56. The Bertz CT molecular complexity index is 377. The summed E-state index contributed by atoms with van der Waals surface area (Å²) in [7, 11) is 0. The van der Waals surface area contributed by atoms with Gasteiger partial charge in [-0.2, -0.15) is 0 Å². The fourth-order valence-corrected chi connectivity index (χ4v) is 2.16. The predicted octanol–water partition coefficient (Wildman–Crippen LogP) is 3.94. The van der Waals surface area contributed by atoms with E-state index in [1.54, 1.807) is 0 Å². The van der Waals surface area contributed by atoms with Crippen molar-refractivity contribution >= 4 is 50.5 Å². The van der Waals surface area contributed by atoms with Gasteiger partial charge in [0.05, 0.1) is 10.7 Å². The molecule has 0 radical (unpaired) electrons. The zero-order chi connectivity index (χ0) is 12.1. The van der Waals surface area contributed by atoms with Crippen LogP contribution in [0, 0.1) is 5.82 Å². The fourth-order valence-electron chi connectivity index (χ4n) is 1.06. The van der Waals surface area contributed by atoms with Crippen molar-refractivity contribution in [3.63, 3.8) is 0 Å². The number of rotatable bonds is 3. The van der Waals surface area contributed by atoms with Crippen molar-refractivity contribution in [1.82, 2.24) is 5.32 Å². The third-order valence-corrected chi connectivity index (χ3v) is 2.95. The van der Waals surface area contributed by atoms with Crippen LogP contribution < -0.4 is 10.6 Å². The Morgan fingerprint density at radius 2 is 2.25 bits per heavy atom. The Morgan fingerprint density at radius 1 is 1.56 bits per heavy atom. The lowest BCUT2D eigenvalue weighted by molar-refractivity contribution is 0.627. The topological polar surface area (TPSA) is 24.1 Å². The molecule has 1 aromatic rings. The molecule has 16 heavy (non-hydrogen) atoms. The molecule has 1 rings (SSSR count). The van der Waals surface area contributed by atoms with E-state index in [4.69, 9.17) is 23.8 Å². The molecule has 0 saturated heterocycles. The minimum atomic E-state index is -0.394. The van der Waals surface area contributed by atoms with Gasteiger partial charge in [-0.25, -0.2) is 4.39 Å². The van der Waals surface area contributed by atoms with Crippen LogP contribution in [0.1, 0.15) is 13.3 Å². The van der Waals surface area contributed by atoms with Gasteiger partial charge < -0.3 is 10.6 Å². The second kappa shape index (κ2) is 6.37. The molecule has 0 amide bonds. The molecule has 1 aromatic carbocycles. The smallest absolute Gasteiger partial charge is 0.170 e. The molecule has 0 unspecified atom stereocenters. The first-order valence-electron chi connectivity index (χ1n) is 4.74. The summed E-state index contributed by atoms with van der Waals surface area (Å²) in [5, 5.41) is 6.67. The highest BCUT2D eigenvalue weighted by molar-refractivity contribution is 9.10. The molecule has 0 aliphatic rings. The maximum atomic E-state index is 13.0. The third-order valence-electron chi connectivity index (χ3n) is 1.78. The number of hydrogen-bond acceptors (Lipinski definition) is 1. The molecule has 0 aliphatic heterocycles. The SMILES string of the molecule is CCCNC(=S)Nc1c(Cl)cc(F)cc1Br. The first-order chi connectivity index (χ1) is 7.54. The van der Waals surface area contributed by atoms with Gasteiger partial charge in [0.15, 0.2) is 5.11 Å². The van der Waals surface area contributed by atoms with Gasteiger partial charge in [-0.3, -0.25) is 0 Å². The van der Waals surface area contributed by atoms with Crippen molar-refractivity contribution in [1.29, 1.82) is 0 Å². The lowest BCUT2D eigenvalue weighted by Crippen LogP contribution is -2.29. The van der Waals surface area contributed by atoms with E-state index < -0.39 is 5.82 Å². The average molecular weight is 326 g/mol. The largest absolute Gasteiger partial charge is 0.362 e. The Balaban J connectivity index is 2.77. The standard InChI is InChI=1S/C10H11BrClFN2S/c1-2-3-14-10(16)15-9-7(11)4-6(13)5-8(9)12/h4-5H,2-3H2,1H3,(H2,14,15,16). The van der Waals surface area contributed by atoms with Crippen LogP contribution in [0.2, 0.25) is 5.02 Å². The van der Waals surface area contributed by atoms with E-state index in [9.17, 15) is 4.39 Å². The molecule has 0 aliphatic carbocycles. The van der Waals surface area contributed by atoms with Crippen LogP contribution in [0.4, 0.5) is 10.1 Å². The summed E-state index contributed by atoms with van der Waals surface area (Å²) < 4.78 is 13.5. The number of halogens is 3. The average Bonchev–Trinajstić information content (AvgIpc) is 2.20. The van der Waals surface area contributed by atoms with E-state index in [1.807, 2.05) is 6.92 Å². The van der Waals surface area contributed by atoms with E-state index in [-0.39, 0.29) is 5.02 Å². The molecular formula is C10H11BrClFN2S. The minimum Gasteiger partial charge on any atom is -0.362 e. The number of benzene rings is 1. The van der Waals surface area contributed by atoms with Crippen LogP contribution in [-0.2, 0) is 0 Å². The van der Waals surface area contributed by atoms with E-state index in [1.165, 1.54) is 12.1 Å². The highest BCUT2D eigenvalue weighted by atomic mass is 79.9. The van der Waals surface area contributed by atoms with E-state index in [0.29, 0.717) is 15.3 Å². The molecule has 2 N–H and O–H groups in total. The van der Waals surface area contributed by atoms with Crippen molar-refractivity contribution in [2.45, 2.75) is 13.3 Å². The first kappa shape index (κ1) is 13.7. The van der Waals surface area contributed by atoms with Gasteiger partial charge in [-0.05, 0) is 46.7 Å². The van der Waals surface area contributed by atoms with Crippen LogP contribution in [0.3, 0.4) is 0 Å². The minimum absolute atomic E-state index is 0.285. The molecular weight excluding hydrogens is 315 g/mol. The van der Waals surface area contributed by atoms with Crippen LogP contribution >= 0.6 is 39.7 Å². The normalized spacial score (nSPS) is 10.0. The number of thiocarbonyl (C=S) groups is 1. The van der Waals surface area contributed by atoms with Crippen LogP contribution in [0.15, 0.2) is 16.6 Å². The number of anilines is 1. The zero-order valence-electron chi connectivity index (χ0n) is 8.61. The van der Waals surface area contributed by atoms with Crippen LogP contribution in [0.5, 0.6) is 0 Å². The Kier molecular flexibility index (Phi) is 5.44. The molecule has 2 nitrogen and oxygen atoms in total. The Morgan fingerprint density at radius 3 is 2.81 bits per heavy atom. The molecule has 0 spiro atoms. The lowest BCUT2D eigenvalue weighted by atomic mass is 10.3. The monoisotopic (exact) mass is 324 g/mol. The molecule has 0 heterocycles. The van der Waals surface area contributed by atoms with Crippen molar-refractivity contribution in [2.24, 2.45) is 0 Å². The highest BCUT2D eigenvalue weighted by Crippen LogP contribution is 2.31. The van der Waals surface area contributed by atoms with Gasteiger partial charge in [0, 0.05) is 11.0 Å². The number of nitrogens with one attached hydrogen (secondary N) is 2. The van der Waals surface area contributed by atoms with Gasteiger partial charge in [0.2, 0.25) is 0 Å². The van der Waals surface area contributed by atoms with E-state index in [2.05, 4.69) is 26.6 Å². The van der Waals surface area contributed by atoms with E-state index >= 15 is 0 Å². The second-order valence-electron chi connectivity index (χ2n) is 3.13. The van der Waals surface area contributed by atoms with Gasteiger partial charge in [0.1, 0.15) is 5.82 Å². The van der Waals surface area contributed by atoms with Crippen molar-refractivity contribution in [2.75, 3.05) is 11.9 Å². The van der Waals surface area contributed by atoms with Crippen molar-refractivity contribution in [3.05, 3.63) is 27.4 Å². The maximum Gasteiger partial charge on any atom is 0.170 e. The van der Waals surface area contributed by atoms with Crippen LogP contribution in [0.25, 0.3) is 0 Å². The summed E-state index contributed by atoms with van der Waals surface area (Å²) in [6.45, 7) is 2.82. The zero-order valence-corrected chi connectivity index (χ0v) is 11.8. The summed E-state index contributed by atoms with van der Waals surface area (Å²) in [6.07, 6.45) is 0.972. The Labute approximate surface area is 113 Å². The molecule has 0 fully saturated rings. The second-order valence-corrected chi connectivity index (χ2v) is 4.80. The fraction of sp³-hybridized carbons (Fsp3) is 0.300. The van der Waals surface area contributed by atoms with Gasteiger partial charge in [-0.1, -0.05) is 18.5 Å².